The van der Waals surface area contributed by atoms with E-state index in [1.54, 1.807) is 12.4 Å². The van der Waals surface area contributed by atoms with Crippen LogP contribution in [0, 0.1) is 5.92 Å². The quantitative estimate of drug-likeness (QED) is 0.430. The molecule has 3 saturated heterocycles. The van der Waals surface area contributed by atoms with Gasteiger partial charge >= 0.3 is 6.09 Å². The highest BCUT2D eigenvalue weighted by Gasteiger charge is 2.42. The van der Waals surface area contributed by atoms with Crippen molar-refractivity contribution < 1.29 is 9.53 Å². The van der Waals surface area contributed by atoms with Gasteiger partial charge in [-0.3, -0.25) is 15.2 Å². The van der Waals surface area contributed by atoms with E-state index in [0.717, 1.165) is 67.2 Å². The van der Waals surface area contributed by atoms with Crippen LogP contribution in [0.2, 0.25) is 0 Å². The number of amides is 1. The molecule has 0 saturated carbocycles. The van der Waals surface area contributed by atoms with Crippen molar-refractivity contribution in [3.8, 4) is 11.4 Å². The van der Waals surface area contributed by atoms with Crippen molar-refractivity contribution in [1.29, 1.82) is 0 Å². The van der Waals surface area contributed by atoms with Crippen molar-refractivity contribution in [2.24, 2.45) is 5.92 Å². The van der Waals surface area contributed by atoms with E-state index < -0.39 is 6.09 Å². The molecule has 7 heteroatoms. The number of anilines is 1. The van der Waals surface area contributed by atoms with Gasteiger partial charge in [-0.25, -0.2) is 14.8 Å². The van der Waals surface area contributed by atoms with Crippen LogP contribution in [0.4, 0.5) is 10.5 Å². The lowest BCUT2D eigenvalue weighted by Crippen LogP contribution is -2.54. The van der Waals surface area contributed by atoms with E-state index in [4.69, 9.17) is 14.7 Å². The number of hydrogen-bond donors (Lipinski definition) is 1. The number of pyridine rings is 1. The maximum atomic E-state index is 12.3. The summed E-state index contributed by atoms with van der Waals surface area (Å²) >= 11 is 0. The molecule has 3 aliphatic heterocycles. The Morgan fingerprint density at radius 2 is 1.89 bits per heavy atom. The van der Waals surface area contributed by atoms with Crippen LogP contribution in [-0.2, 0) is 4.74 Å². The summed E-state index contributed by atoms with van der Waals surface area (Å²) in [5.74, 6) is 2.11. The fourth-order valence-electron chi connectivity index (χ4n) is 5.72. The summed E-state index contributed by atoms with van der Waals surface area (Å²) in [6, 6.07) is 15.9. The molecule has 3 fully saturated rings. The molecule has 1 amide bonds. The zero-order valence-electron chi connectivity index (χ0n) is 21.1. The molecule has 7 nitrogen and oxygen atoms in total. The first-order valence-electron chi connectivity index (χ1n) is 13.2. The third-order valence-corrected chi connectivity index (χ3v) is 7.79. The van der Waals surface area contributed by atoms with E-state index in [2.05, 4.69) is 35.1 Å². The van der Waals surface area contributed by atoms with E-state index in [0.29, 0.717) is 24.4 Å². The molecule has 3 aromatic rings. The summed E-state index contributed by atoms with van der Waals surface area (Å²) in [7, 11) is 0. The molecule has 2 bridgehead atoms. The van der Waals surface area contributed by atoms with Crippen LogP contribution >= 0.6 is 0 Å². The number of hydrogen-bond acceptors (Lipinski definition) is 6. The topological polar surface area (TPSA) is 80.2 Å². The molecule has 6 rings (SSSR count). The standard InChI is InChI=1S/C29H35N5O2/c1-3-20(4-2)26-17-27(33-28(32-26)21-10-13-30-14-11-21)25-18-34-15-12-22(25)16-24(34)19-36-29(35)31-23-8-6-5-7-9-23/h5-11,13-14,17,20,22,24-25H,3-4,12,15-16,18-19H2,1-2H3,(H,31,35). The van der Waals surface area contributed by atoms with Gasteiger partial charge in [-0.2, -0.15) is 0 Å². The van der Waals surface area contributed by atoms with Crippen LogP contribution in [0.5, 0.6) is 0 Å². The maximum Gasteiger partial charge on any atom is 0.411 e. The Bertz CT molecular complexity index is 1150. The van der Waals surface area contributed by atoms with Crippen LogP contribution in [0.1, 0.15) is 62.8 Å². The van der Waals surface area contributed by atoms with Crippen molar-refractivity contribution in [2.45, 2.75) is 57.4 Å². The molecular formula is C29H35N5O2. The van der Waals surface area contributed by atoms with E-state index in [-0.39, 0.29) is 6.04 Å². The second kappa shape index (κ2) is 11.2. The van der Waals surface area contributed by atoms with Crippen LogP contribution in [0.15, 0.2) is 60.9 Å². The van der Waals surface area contributed by atoms with Crippen molar-refractivity contribution in [3.63, 3.8) is 0 Å². The first-order chi connectivity index (χ1) is 17.6. The Kier molecular flexibility index (Phi) is 7.56. The zero-order valence-corrected chi connectivity index (χ0v) is 21.1. The Hall–Kier alpha value is -3.32. The summed E-state index contributed by atoms with van der Waals surface area (Å²) in [5, 5.41) is 2.81. The van der Waals surface area contributed by atoms with Crippen molar-refractivity contribution >= 4 is 11.8 Å². The fraction of sp³-hybridized carbons (Fsp3) is 0.448. The van der Waals surface area contributed by atoms with Gasteiger partial charge in [0.15, 0.2) is 5.82 Å². The Labute approximate surface area is 213 Å². The predicted octanol–water partition coefficient (Wildman–Crippen LogP) is 5.87. The summed E-state index contributed by atoms with van der Waals surface area (Å²) in [5.41, 5.74) is 4.05. The Balaban J connectivity index is 1.30. The van der Waals surface area contributed by atoms with Gasteiger partial charge in [0.05, 0.1) is 0 Å². The van der Waals surface area contributed by atoms with Gasteiger partial charge in [-0.15, -0.1) is 0 Å². The average Bonchev–Trinajstić information content (AvgIpc) is 2.94. The third-order valence-electron chi connectivity index (χ3n) is 7.79. The second-order valence-electron chi connectivity index (χ2n) is 9.92. The predicted molar refractivity (Wildman–Crippen MR) is 141 cm³/mol. The zero-order chi connectivity index (χ0) is 24.9. The highest BCUT2D eigenvalue weighted by atomic mass is 16.5. The summed E-state index contributed by atoms with van der Waals surface area (Å²) in [6.45, 7) is 6.85. The van der Waals surface area contributed by atoms with Gasteiger partial charge in [-0.1, -0.05) is 32.0 Å². The summed E-state index contributed by atoms with van der Waals surface area (Å²) in [6.07, 6.45) is 7.49. The molecule has 0 radical (unpaired) electrons. The molecule has 0 aliphatic carbocycles. The average molecular weight is 486 g/mol. The maximum absolute atomic E-state index is 12.3. The number of aromatic nitrogens is 3. The molecular weight excluding hydrogens is 450 g/mol. The van der Waals surface area contributed by atoms with Crippen molar-refractivity contribution in [1.82, 2.24) is 19.9 Å². The number of nitrogens with zero attached hydrogens (tertiary/aromatic N) is 4. The lowest BCUT2D eigenvalue weighted by Gasteiger charge is -2.49. The fourth-order valence-corrected chi connectivity index (χ4v) is 5.72. The van der Waals surface area contributed by atoms with Crippen molar-refractivity contribution in [2.75, 3.05) is 25.0 Å². The number of benzene rings is 1. The van der Waals surface area contributed by atoms with Gasteiger partial charge < -0.3 is 4.74 Å². The number of nitrogens with one attached hydrogen (secondary N) is 1. The van der Waals surface area contributed by atoms with E-state index in [1.165, 1.54) is 0 Å². The van der Waals surface area contributed by atoms with Gasteiger partial charge in [0.1, 0.15) is 6.61 Å². The summed E-state index contributed by atoms with van der Waals surface area (Å²) in [4.78, 5) is 29.0. The molecule has 0 spiro atoms. The van der Waals surface area contributed by atoms with Crippen LogP contribution in [0.3, 0.4) is 0 Å². The molecule has 188 valence electrons. The normalized spacial score (nSPS) is 23.0. The molecule has 36 heavy (non-hydrogen) atoms. The number of piperidine rings is 3. The smallest absolute Gasteiger partial charge is 0.411 e. The van der Waals surface area contributed by atoms with E-state index >= 15 is 0 Å². The number of rotatable bonds is 8. The molecule has 1 N–H and O–H groups in total. The monoisotopic (exact) mass is 485 g/mol. The summed E-state index contributed by atoms with van der Waals surface area (Å²) < 4.78 is 5.61. The second-order valence-corrected chi connectivity index (χ2v) is 9.92. The number of ether oxygens (including phenoxy) is 1. The first-order valence-corrected chi connectivity index (χ1v) is 13.2. The minimum Gasteiger partial charge on any atom is -0.448 e. The van der Waals surface area contributed by atoms with Gasteiger partial charge in [0.2, 0.25) is 0 Å². The third kappa shape index (κ3) is 5.41. The molecule has 4 atom stereocenters. The van der Waals surface area contributed by atoms with E-state index in [1.807, 2.05) is 42.5 Å². The highest BCUT2D eigenvalue weighted by Crippen LogP contribution is 2.42. The molecule has 1 aromatic carbocycles. The highest BCUT2D eigenvalue weighted by molar-refractivity contribution is 5.84. The van der Waals surface area contributed by atoms with Gasteiger partial charge in [0, 0.05) is 59.5 Å². The van der Waals surface area contributed by atoms with Gasteiger partial charge in [0.25, 0.3) is 0 Å². The van der Waals surface area contributed by atoms with Crippen LogP contribution in [0.25, 0.3) is 11.4 Å². The lowest BCUT2D eigenvalue weighted by molar-refractivity contribution is -0.00149. The molecule has 3 aliphatic rings. The Morgan fingerprint density at radius 3 is 2.58 bits per heavy atom. The number of carbonyl (C=O) groups excluding carboxylic acids is 1. The number of para-hydroxylation sites is 1. The molecule has 2 aromatic heterocycles. The molecule has 4 unspecified atom stereocenters. The van der Waals surface area contributed by atoms with Crippen LogP contribution < -0.4 is 5.32 Å². The largest absolute Gasteiger partial charge is 0.448 e. The number of carbonyl (C=O) groups is 1. The minimum absolute atomic E-state index is 0.251. The number of fused-ring (bicyclic) bond motifs is 3. The lowest BCUT2D eigenvalue weighted by atomic mass is 9.74. The minimum atomic E-state index is -0.395. The Morgan fingerprint density at radius 1 is 1.11 bits per heavy atom. The SMILES string of the molecule is CCC(CC)c1cc(C2CN3CCC2CC3COC(=O)Nc2ccccc2)nc(-c2ccncc2)n1. The van der Waals surface area contributed by atoms with Gasteiger partial charge in [-0.05, 0) is 68.5 Å². The molecule has 5 heterocycles. The van der Waals surface area contributed by atoms with Crippen LogP contribution in [-0.4, -0.2) is 51.7 Å². The first kappa shape index (κ1) is 24.4. The van der Waals surface area contributed by atoms with Crippen molar-refractivity contribution in [3.05, 3.63) is 72.3 Å². The van der Waals surface area contributed by atoms with E-state index in [9.17, 15) is 4.79 Å².